The van der Waals surface area contributed by atoms with E-state index in [0.717, 1.165) is 5.69 Å². The molecule has 0 radical (unpaired) electrons. The molecule has 0 aliphatic rings. The number of hydrogen-bond acceptors (Lipinski definition) is 5. The number of nitrogens with one attached hydrogen (secondary N) is 1. The summed E-state index contributed by atoms with van der Waals surface area (Å²) in [5.41, 5.74) is 2.81. The molecule has 2 aromatic heterocycles. The summed E-state index contributed by atoms with van der Waals surface area (Å²) in [5.74, 6) is 0.136. The monoisotopic (exact) mass is 273 g/mol. The molecule has 0 saturated heterocycles. The smallest absolute Gasteiger partial charge is 0.141 e. The van der Waals surface area contributed by atoms with E-state index in [1.165, 1.54) is 0 Å². The van der Waals surface area contributed by atoms with Gasteiger partial charge in [-0.1, -0.05) is 6.07 Å². The summed E-state index contributed by atoms with van der Waals surface area (Å²) in [7, 11) is 0. The van der Waals surface area contributed by atoms with Crippen LogP contribution in [0.2, 0.25) is 0 Å². The topological polar surface area (TPSA) is 78.3 Å². The van der Waals surface area contributed by atoms with Crippen LogP contribution in [0.1, 0.15) is 35.5 Å². The molecule has 1 atom stereocenters. The Kier molecular flexibility index (Phi) is 4.65. The molecule has 0 bridgehead atoms. The first-order valence-corrected chi connectivity index (χ1v) is 6.55. The van der Waals surface area contributed by atoms with Gasteiger partial charge in [-0.05, 0) is 26.0 Å². The van der Waals surface area contributed by atoms with Crippen molar-refractivity contribution in [1.29, 1.82) is 0 Å². The van der Waals surface area contributed by atoms with Crippen molar-refractivity contribution in [3.8, 4) is 5.75 Å². The Labute approximate surface area is 118 Å². The molecule has 0 spiro atoms. The van der Waals surface area contributed by atoms with Crippen LogP contribution in [0, 0.1) is 6.92 Å². The molecule has 0 aromatic carbocycles. The van der Waals surface area contributed by atoms with Gasteiger partial charge in [-0.2, -0.15) is 0 Å². The second-order valence-corrected chi connectivity index (χ2v) is 4.71. The van der Waals surface area contributed by atoms with Crippen LogP contribution in [0.3, 0.4) is 0 Å². The van der Waals surface area contributed by atoms with Gasteiger partial charge in [0.25, 0.3) is 0 Å². The predicted molar refractivity (Wildman–Crippen MR) is 76.1 cm³/mol. The predicted octanol–water partition coefficient (Wildman–Crippen LogP) is 1.83. The quantitative estimate of drug-likeness (QED) is 0.774. The first-order valence-electron chi connectivity index (χ1n) is 6.55. The lowest BCUT2D eigenvalue weighted by Gasteiger charge is -2.16. The standard InChI is InChI=1S/C15H19N3O2/c1-10(14-5-3-4-6-16-14)18-8-13-12(9-19)7-17-11(2)15(13)20/h3-7,10,18-20H,8-9H2,1-2H3/t10-/m0/s1. The molecular weight excluding hydrogens is 254 g/mol. The molecule has 0 saturated carbocycles. The zero-order valence-electron chi connectivity index (χ0n) is 11.7. The van der Waals surface area contributed by atoms with Crippen molar-refractivity contribution in [3.63, 3.8) is 0 Å². The molecule has 5 nitrogen and oxygen atoms in total. The molecular formula is C15H19N3O2. The van der Waals surface area contributed by atoms with Crippen LogP contribution in [0.25, 0.3) is 0 Å². The maximum absolute atomic E-state index is 10.1. The first kappa shape index (κ1) is 14.4. The van der Waals surface area contributed by atoms with Gasteiger partial charge in [0.2, 0.25) is 0 Å². The Hall–Kier alpha value is -1.98. The van der Waals surface area contributed by atoms with Gasteiger partial charge in [0.05, 0.1) is 18.0 Å². The average Bonchev–Trinajstić information content (AvgIpc) is 2.49. The highest BCUT2D eigenvalue weighted by Gasteiger charge is 2.13. The molecule has 0 unspecified atom stereocenters. The van der Waals surface area contributed by atoms with E-state index in [1.807, 2.05) is 25.1 Å². The number of pyridine rings is 2. The maximum Gasteiger partial charge on any atom is 0.141 e. The Morgan fingerprint density at radius 2 is 2.10 bits per heavy atom. The highest BCUT2D eigenvalue weighted by molar-refractivity contribution is 5.40. The summed E-state index contributed by atoms with van der Waals surface area (Å²) in [6.07, 6.45) is 3.35. The van der Waals surface area contributed by atoms with Crippen LogP contribution in [0.4, 0.5) is 0 Å². The summed E-state index contributed by atoms with van der Waals surface area (Å²) in [6, 6.07) is 5.81. The SMILES string of the molecule is Cc1ncc(CO)c(CN[C@@H](C)c2ccccn2)c1O. The summed E-state index contributed by atoms with van der Waals surface area (Å²) in [6.45, 7) is 4.05. The number of nitrogens with zero attached hydrogens (tertiary/aromatic N) is 2. The second-order valence-electron chi connectivity index (χ2n) is 4.71. The Balaban J connectivity index is 2.13. The van der Waals surface area contributed by atoms with Gasteiger partial charge in [-0.25, -0.2) is 0 Å². The van der Waals surface area contributed by atoms with E-state index in [0.29, 0.717) is 23.4 Å². The van der Waals surface area contributed by atoms with Crippen molar-refractivity contribution >= 4 is 0 Å². The normalized spacial score (nSPS) is 12.3. The number of aliphatic hydroxyl groups is 1. The molecule has 2 aromatic rings. The molecule has 0 aliphatic heterocycles. The van der Waals surface area contributed by atoms with E-state index in [-0.39, 0.29) is 18.4 Å². The van der Waals surface area contributed by atoms with Gasteiger partial charge in [-0.15, -0.1) is 0 Å². The fourth-order valence-corrected chi connectivity index (χ4v) is 2.01. The largest absolute Gasteiger partial charge is 0.506 e. The van der Waals surface area contributed by atoms with Crippen molar-refractivity contribution < 1.29 is 10.2 Å². The highest BCUT2D eigenvalue weighted by atomic mass is 16.3. The van der Waals surface area contributed by atoms with Gasteiger partial charge in [0.15, 0.2) is 0 Å². The Bertz CT molecular complexity index is 573. The molecule has 106 valence electrons. The van der Waals surface area contributed by atoms with Crippen LogP contribution in [-0.2, 0) is 13.2 Å². The highest BCUT2D eigenvalue weighted by Crippen LogP contribution is 2.24. The van der Waals surface area contributed by atoms with Crippen molar-refractivity contribution in [2.75, 3.05) is 0 Å². The Morgan fingerprint density at radius 3 is 2.75 bits per heavy atom. The summed E-state index contributed by atoms with van der Waals surface area (Å²) in [5, 5.41) is 22.7. The zero-order chi connectivity index (χ0) is 14.5. The van der Waals surface area contributed by atoms with Crippen LogP contribution in [0.15, 0.2) is 30.6 Å². The minimum Gasteiger partial charge on any atom is -0.506 e. The van der Waals surface area contributed by atoms with E-state index in [9.17, 15) is 10.2 Å². The zero-order valence-corrected chi connectivity index (χ0v) is 11.7. The number of aromatic hydroxyl groups is 1. The lowest BCUT2D eigenvalue weighted by Crippen LogP contribution is -2.20. The summed E-state index contributed by atoms with van der Waals surface area (Å²) >= 11 is 0. The number of hydrogen-bond donors (Lipinski definition) is 3. The van der Waals surface area contributed by atoms with Crippen molar-refractivity contribution in [1.82, 2.24) is 15.3 Å². The van der Waals surface area contributed by atoms with Crippen LogP contribution in [-0.4, -0.2) is 20.2 Å². The third-order valence-electron chi connectivity index (χ3n) is 3.32. The van der Waals surface area contributed by atoms with Gasteiger partial charge in [-0.3, -0.25) is 9.97 Å². The van der Waals surface area contributed by atoms with Crippen molar-refractivity contribution in [3.05, 3.63) is 53.1 Å². The van der Waals surface area contributed by atoms with Gasteiger partial charge < -0.3 is 15.5 Å². The third kappa shape index (κ3) is 3.12. The molecule has 2 heterocycles. The van der Waals surface area contributed by atoms with E-state index < -0.39 is 0 Å². The number of rotatable bonds is 5. The second kappa shape index (κ2) is 6.45. The molecule has 0 amide bonds. The summed E-state index contributed by atoms with van der Waals surface area (Å²) in [4.78, 5) is 8.33. The summed E-state index contributed by atoms with van der Waals surface area (Å²) < 4.78 is 0. The minimum absolute atomic E-state index is 0.0515. The van der Waals surface area contributed by atoms with Crippen molar-refractivity contribution in [2.45, 2.75) is 33.0 Å². The number of aliphatic hydroxyl groups excluding tert-OH is 1. The van der Waals surface area contributed by atoms with E-state index >= 15 is 0 Å². The minimum atomic E-state index is -0.143. The van der Waals surface area contributed by atoms with Gasteiger partial charge >= 0.3 is 0 Å². The molecule has 2 rings (SSSR count). The van der Waals surface area contributed by atoms with Crippen LogP contribution in [0.5, 0.6) is 5.75 Å². The molecule has 3 N–H and O–H groups in total. The lowest BCUT2D eigenvalue weighted by molar-refractivity contribution is 0.278. The van der Waals surface area contributed by atoms with E-state index in [1.54, 1.807) is 19.3 Å². The van der Waals surface area contributed by atoms with Crippen LogP contribution >= 0.6 is 0 Å². The van der Waals surface area contributed by atoms with Crippen LogP contribution < -0.4 is 5.32 Å². The first-order chi connectivity index (χ1) is 9.63. The van der Waals surface area contributed by atoms with Crippen molar-refractivity contribution in [2.24, 2.45) is 0 Å². The van der Waals surface area contributed by atoms with E-state index in [2.05, 4.69) is 15.3 Å². The van der Waals surface area contributed by atoms with E-state index in [4.69, 9.17) is 0 Å². The lowest BCUT2D eigenvalue weighted by atomic mass is 10.1. The number of aromatic nitrogens is 2. The van der Waals surface area contributed by atoms with Gasteiger partial charge in [0, 0.05) is 36.1 Å². The number of aryl methyl sites for hydroxylation is 1. The molecule has 20 heavy (non-hydrogen) atoms. The molecule has 0 aliphatic carbocycles. The fraction of sp³-hybridized carbons (Fsp3) is 0.333. The molecule has 5 heteroatoms. The maximum atomic E-state index is 10.1. The fourth-order valence-electron chi connectivity index (χ4n) is 2.01. The molecule has 0 fully saturated rings. The average molecular weight is 273 g/mol. The van der Waals surface area contributed by atoms with Gasteiger partial charge in [0.1, 0.15) is 5.75 Å². The third-order valence-corrected chi connectivity index (χ3v) is 3.32. The Morgan fingerprint density at radius 1 is 1.30 bits per heavy atom.